The van der Waals surface area contributed by atoms with Gasteiger partial charge in [-0.1, -0.05) is 18.7 Å². The summed E-state index contributed by atoms with van der Waals surface area (Å²) in [5, 5.41) is 2.07. The average molecular weight is 278 g/mol. The molecule has 0 saturated carbocycles. The highest BCUT2D eigenvalue weighted by Gasteiger charge is 2.53. The fraction of sp³-hybridized carbons (Fsp3) is 0.615. The van der Waals surface area contributed by atoms with Gasteiger partial charge in [0, 0.05) is 13.1 Å². The molecular formula is C13H21F3N2O. The third kappa shape index (κ3) is 4.01. The number of halogens is 3. The lowest BCUT2D eigenvalue weighted by molar-refractivity contribution is -0.176. The Morgan fingerprint density at radius 3 is 2.11 bits per heavy atom. The van der Waals surface area contributed by atoms with Gasteiger partial charge < -0.3 is 10.2 Å². The molecule has 0 heterocycles. The highest BCUT2D eigenvalue weighted by molar-refractivity contribution is 5.75. The fourth-order valence-electron chi connectivity index (χ4n) is 1.54. The molecule has 0 rings (SSSR count). The van der Waals surface area contributed by atoms with Crippen LogP contribution in [0.25, 0.3) is 0 Å². The number of urea groups is 1. The molecule has 1 unspecified atom stereocenters. The SMILES string of the molecule is C=C/C=C(/C)C(C)(NC(=O)N(CC)CC)C(F)(F)F. The highest BCUT2D eigenvalue weighted by atomic mass is 19.4. The fourth-order valence-corrected chi connectivity index (χ4v) is 1.54. The van der Waals surface area contributed by atoms with E-state index in [4.69, 9.17) is 0 Å². The topological polar surface area (TPSA) is 32.3 Å². The normalized spacial score (nSPS) is 15.6. The van der Waals surface area contributed by atoms with Crippen LogP contribution in [-0.4, -0.2) is 35.7 Å². The molecule has 3 nitrogen and oxygen atoms in total. The molecule has 110 valence electrons. The van der Waals surface area contributed by atoms with Crippen LogP contribution in [0.3, 0.4) is 0 Å². The van der Waals surface area contributed by atoms with Gasteiger partial charge in [-0.25, -0.2) is 4.79 Å². The maximum Gasteiger partial charge on any atom is 0.415 e. The van der Waals surface area contributed by atoms with Crippen molar-refractivity contribution in [1.29, 1.82) is 0 Å². The molecule has 1 N–H and O–H groups in total. The number of amides is 2. The van der Waals surface area contributed by atoms with E-state index in [1.165, 1.54) is 24.0 Å². The zero-order chi connectivity index (χ0) is 15.3. The summed E-state index contributed by atoms with van der Waals surface area (Å²) in [5.41, 5.74) is -2.42. The van der Waals surface area contributed by atoms with Crippen LogP contribution < -0.4 is 5.32 Å². The molecule has 1 atom stereocenters. The van der Waals surface area contributed by atoms with Gasteiger partial charge in [0.2, 0.25) is 0 Å². The molecule has 6 heteroatoms. The number of carbonyl (C=O) groups excluding carboxylic acids is 1. The Bertz CT molecular complexity index is 359. The number of hydrogen-bond donors (Lipinski definition) is 1. The van der Waals surface area contributed by atoms with Crippen LogP contribution >= 0.6 is 0 Å². The predicted octanol–water partition coefficient (Wildman–Crippen LogP) is 3.49. The molecule has 0 fully saturated rings. The van der Waals surface area contributed by atoms with Gasteiger partial charge in [-0.3, -0.25) is 0 Å². The minimum Gasteiger partial charge on any atom is -0.325 e. The number of nitrogens with zero attached hydrogens (tertiary/aromatic N) is 1. The molecule has 0 radical (unpaired) electrons. The molecule has 0 spiro atoms. The van der Waals surface area contributed by atoms with Crippen molar-refractivity contribution >= 4 is 6.03 Å². The van der Waals surface area contributed by atoms with Gasteiger partial charge >= 0.3 is 12.2 Å². The number of allylic oxidation sites excluding steroid dienone is 2. The van der Waals surface area contributed by atoms with E-state index in [9.17, 15) is 18.0 Å². The van der Waals surface area contributed by atoms with Crippen LogP contribution in [0.15, 0.2) is 24.3 Å². The summed E-state index contributed by atoms with van der Waals surface area (Å²) in [6.07, 6.45) is -2.07. The van der Waals surface area contributed by atoms with E-state index >= 15 is 0 Å². The molecular weight excluding hydrogens is 257 g/mol. The van der Waals surface area contributed by atoms with Gasteiger partial charge in [0.25, 0.3) is 0 Å². The second-order valence-electron chi connectivity index (χ2n) is 4.31. The molecule has 0 aliphatic heterocycles. The minimum atomic E-state index is -4.58. The van der Waals surface area contributed by atoms with Gasteiger partial charge in [0.15, 0.2) is 5.54 Å². The van der Waals surface area contributed by atoms with E-state index in [0.29, 0.717) is 13.1 Å². The summed E-state index contributed by atoms with van der Waals surface area (Å²) in [6.45, 7) is 9.75. The molecule has 0 aromatic rings. The first-order valence-corrected chi connectivity index (χ1v) is 6.07. The van der Waals surface area contributed by atoms with Crippen molar-refractivity contribution in [3.63, 3.8) is 0 Å². The summed E-state index contributed by atoms with van der Waals surface area (Å²) in [6, 6.07) is -0.735. The first kappa shape index (κ1) is 17.5. The van der Waals surface area contributed by atoms with Crippen LogP contribution in [0.4, 0.5) is 18.0 Å². The Morgan fingerprint density at radius 1 is 1.32 bits per heavy atom. The standard InChI is InChI=1S/C13H21F3N2O/c1-6-9-10(4)12(5,13(14,15)16)17-11(19)18(7-2)8-3/h6,9H,1,7-8H2,2-5H3,(H,17,19)/b10-9-. The Morgan fingerprint density at radius 2 is 1.79 bits per heavy atom. The Kier molecular flexibility index (Phi) is 6.12. The van der Waals surface area contributed by atoms with E-state index in [-0.39, 0.29) is 5.57 Å². The van der Waals surface area contributed by atoms with Crippen LogP contribution in [-0.2, 0) is 0 Å². The Balaban J connectivity index is 5.37. The van der Waals surface area contributed by atoms with Crippen LogP contribution in [0.5, 0.6) is 0 Å². The van der Waals surface area contributed by atoms with Crippen molar-refractivity contribution in [2.45, 2.75) is 39.4 Å². The van der Waals surface area contributed by atoms with E-state index in [1.807, 2.05) is 0 Å². The van der Waals surface area contributed by atoms with Gasteiger partial charge in [-0.15, -0.1) is 0 Å². The number of carbonyl (C=O) groups is 1. The van der Waals surface area contributed by atoms with Gasteiger partial charge in [-0.2, -0.15) is 13.2 Å². The molecule has 0 aromatic heterocycles. The van der Waals surface area contributed by atoms with Gasteiger partial charge in [0.05, 0.1) is 0 Å². The lowest BCUT2D eigenvalue weighted by Gasteiger charge is -2.35. The monoisotopic (exact) mass is 278 g/mol. The summed E-state index contributed by atoms with van der Waals surface area (Å²) >= 11 is 0. The van der Waals surface area contributed by atoms with E-state index in [0.717, 1.165) is 6.92 Å². The van der Waals surface area contributed by atoms with Crippen LogP contribution in [0, 0.1) is 0 Å². The minimum absolute atomic E-state index is 0.0180. The second-order valence-corrected chi connectivity index (χ2v) is 4.31. The molecule has 0 aromatic carbocycles. The number of rotatable bonds is 5. The number of alkyl halides is 3. The number of hydrogen-bond acceptors (Lipinski definition) is 1. The van der Waals surface area contributed by atoms with E-state index in [2.05, 4.69) is 11.9 Å². The molecule has 19 heavy (non-hydrogen) atoms. The molecule has 2 amide bonds. The first-order valence-electron chi connectivity index (χ1n) is 6.07. The van der Waals surface area contributed by atoms with Gasteiger partial charge in [0.1, 0.15) is 0 Å². The number of nitrogens with one attached hydrogen (secondary N) is 1. The summed E-state index contributed by atoms with van der Waals surface area (Å²) in [7, 11) is 0. The first-order chi connectivity index (χ1) is 8.63. The maximum atomic E-state index is 13.2. The maximum absolute atomic E-state index is 13.2. The van der Waals surface area contributed by atoms with Crippen molar-refractivity contribution < 1.29 is 18.0 Å². The summed E-state index contributed by atoms with van der Waals surface area (Å²) < 4.78 is 39.6. The predicted molar refractivity (Wildman–Crippen MR) is 69.9 cm³/mol. The third-order valence-electron chi connectivity index (χ3n) is 3.13. The average Bonchev–Trinajstić information content (AvgIpc) is 2.29. The quantitative estimate of drug-likeness (QED) is 0.767. The van der Waals surface area contributed by atoms with Crippen molar-refractivity contribution in [3.05, 3.63) is 24.3 Å². The van der Waals surface area contributed by atoms with Crippen LogP contribution in [0.1, 0.15) is 27.7 Å². The largest absolute Gasteiger partial charge is 0.415 e. The summed E-state index contributed by atoms with van der Waals surface area (Å²) in [5.74, 6) is 0. The molecule has 0 aliphatic carbocycles. The zero-order valence-corrected chi connectivity index (χ0v) is 11.8. The lowest BCUT2D eigenvalue weighted by atomic mass is 9.91. The second kappa shape index (κ2) is 6.63. The van der Waals surface area contributed by atoms with Gasteiger partial charge in [-0.05, 0) is 33.3 Å². The smallest absolute Gasteiger partial charge is 0.325 e. The third-order valence-corrected chi connectivity index (χ3v) is 3.13. The van der Waals surface area contributed by atoms with Crippen molar-refractivity contribution in [3.8, 4) is 0 Å². The van der Waals surface area contributed by atoms with Crippen LogP contribution in [0.2, 0.25) is 0 Å². The van der Waals surface area contributed by atoms with Crippen molar-refractivity contribution in [1.82, 2.24) is 10.2 Å². The van der Waals surface area contributed by atoms with E-state index in [1.54, 1.807) is 13.8 Å². The van der Waals surface area contributed by atoms with E-state index < -0.39 is 17.7 Å². The Hall–Kier alpha value is -1.46. The zero-order valence-electron chi connectivity index (χ0n) is 11.8. The van der Waals surface area contributed by atoms with Crippen molar-refractivity contribution in [2.75, 3.05) is 13.1 Å². The summed E-state index contributed by atoms with van der Waals surface area (Å²) in [4.78, 5) is 13.1. The van der Waals surface area contributed by atoms with Crippen molar-refractivity contribution in [2.24, 2.45) is 0 Å². The Labute approximate surface area is 112 Å². The highest BCUT2D eigenvalue weighted by Crippen LogP contribution is 2.36. The molecule has 0 saturated heterocycles. The molecule has 0 bridgehead atoms. The molecule has 0 aliphatic rings. The lowest BCUT2D eigenvalue weighted by Crippen LogP contribution is -2.60.